The summed E-state index contributed by atoms with van der Waals surface area (Å²) >= 11 is 0. The minimum Gasteiger partial charge on any atom is -0.457 e. The number of carbonyl (C=O) groups excluding carboxylic acids is 4. The summed E-state index contributed by atoms with van der Waals surface area (Å²) in [6.07, 6.45) is -2.01. The van der Waals surface area contributed by atoms with Gasteiger partial charge in [0.2, 0.25) is 11.8 Å². The molecular formula is C22H30N2O7. The molecule has 170 valence electrons. The van der Waals surface area contributed by atoms with E-state index in [-0.39, 0.29) is 18.4 Å². The van der Waals surface area contributed by atoms with E-state index in [2.05, 4.69) is 10.6 Å². The van der Waals surface area contributed by atoms with E-state index in [1.54, 1.807) is 0 Å². The van der Waals surface area contributed by atoms with Gasteiger partial charge in [0, 0.05) is 27.7 Å². The maximum atomic E-state index is 11.9. The standard InChI is InChI=1S/C22H30N2O7/c1-13(25)23-18-10-11-19(24-14(2)26)21(31-16(4)28)22(20(18)30-15(3)27)29-12-17-8-6-5-7-9-17/h5-9,18-22H,10-12H2,1-4H3,(H,23,25)(H,24,26)/t18-,19+,20+,21-,22?. The van der Waals surface area contributed by atoms with Crippen molar-refractivity contribution in [2.75, 3.05) is 0 Å². The molecule has 31 heavy (non-hydrogen) atoms. The average Bonchev–Trinajstić information content (AvgIpc) is 2.78. The number of nitrogens with one attached hydrogen (secondary N) is 2. The molecule has 1 unspecified atom stereocenters. The van der Waals surface area contributed by atoms with E-state index in [0.717, 1.165) is 5.56 Å². The van der Waals surface area contributed by atoms with Crippen LogP contribution in [-0.2, 0) is 40.0 Å². The molecule has 0 bridgehead atoms. The molecule has 0 heterocycles. The molecule has 0 radical (unpaired) electrons. The van der Waals surface area contributed by atoms with E-state index in [4.69, 9.17) is 14.2 Å². The molecule has 0 aliphatic heterocycles. The SMILES string of the molecule is CC(=O)N[C@H]1CC[C@@H](NC(C)=O)[C@H](OC(C)=O)C(OCc2ccccc2)[C@@H]1OC(C)=O. The highest BCUT2D eigenvalue weighted by Gasteiger charge is 2.47. The maximum Gasteiger partial charge on any atom is 0.303 e. The molecule has 0 spiro atoms. The monoisotopic (exact) mass is 434 g/mol. The number of esters is 2. The predicted molar refractivity (Wildman–Crippen MR) is 111 cm³/mol. The van der Waals surface area contributed by atoms with Gasteiger partial charge in [-0.05, 0) is 18.4 Å². The fourth-order valence-electron chi connectivity index (χ4n) is 3.80. The van der Waals surface area contributed by atoms with Gasteiger partial charge in [-0.15, -0.1) is 0 Å². The van der Waals surface area contributed by atoms with E-state index in [0.29, 0.717) is 12.8 Å². The third-order valence-electron chi connectivity index (χ3n) is 4.90. The second-order valence-corrected chi connectivity index (χ2v) is 7.60. The maximum absolute atomic E-state index is 11.9. The number of hydrogen-bond donors (Lipinski definition) is 2. The molecule has 0 saturated heterocycles. The third kappa shape index (κ3) is 7.67. The van der Waals surface area contributed by atoms with Crippen LogP contribution in [0.15, 0.2) is 30.3 Å². The second-order valence-electron chi connectivity index (χ2n) is 7.60. The van der Waals surface area contributed by atoms with Gasteiger partial charge in [0.1, 0.15) is 6.10 Å². The summed E-state index contributed by atoms with van der Waals surface area (Å²) in [5.74, 6) is -1.72. The number of benzene rings is 1. The van der Waals surface area contributed by atoms with E-state index in [9.17, 15) is 19.2 Å². The van der Waals surface area contributed by atoms with Gasteiger partial charge in [-0.1, -0.05) is 30.3 Å². The average molecular weight is 434 g/mol. The highest BCUT2D eigenvalue weighted by Crippen LogP contribution is 2.28. The first-order valence-electron chi connectivity index (χ1n) is 10.2. The third-order valence-corrected chi connectivity index (χ3v) is 4.90. The molecule has 2 N–H and O–H groups in total. The molecular weight excluding hydrogens is 404 g/mol. The molecule has 1 aliphatic rings. The molecule has 2 amide bonds. The summed E-state index contributed by atoms with van der Waals surface area (Å²) in [7, 11) is 0. The molecule has 1 fully saturated rings. The molecule has 1 aromatic rings. The van der Waals surface area contributed by atoms with Crippen LogP contribution in [-0.4, -0.2) is 54.1 Å². The molecule has 1 aliphatic carbocycles. The molecule has 9 nitrogen and oxygen atoms in total. The van der Waals surface area contributed by atoms with Crippen LogP contribution in [0.5, 0.6) is 0 Å². The summed E-state index contributed by atoms with van der Waals surface area (Å²) in [6.45, 7) is 5.40. The van der Waals surface area contributed by atoms with Gasteiger partial charge in [0.05, 0.1) is 18.7 Å². The van der Waals surface area contributed by atoms with Crippen LogP contribution in [0.1, 0.15) is 46.1 Å². The van der Waals surface area contributed by atoms with Crippen LogP contribution in [0.2, 0.25) is 0 Å². The Labute approximate surface area is 181 Å². The number of hydrogen-bond acceptors (Lipinski definition) is 7. The zero-order valence-electron chi connectivity index (χ0n) is 18.3. The lowest BCUT2D eigenvalue weighted by Crippen LogP contribution is -2.57. The Morgan fingerprint density at radius 2 is 1.23 bits per heavy atom. The van der Waals surface area contributed by atoms with Crippen LogP contribution in [0.4, 0.5) is 0 Å². The lowest BCUT2D eigenvalue weighted by atomic mass is 10.00. The first-order chi connectivity index (χ1) is 14.7. The van der Waals surface area contributed by atoms with Crippen LogP contribution < -0.4 is 10.6 Å². The lowest BCUT2D eigenvalue weighted by molar-refractivity contribution is -0.181. The topological polar surface area (TPSA) is 120 Å². The normalized spacial score (nSPS) is 25.6. The zero-order valence-corrected chi connectivity index (χ0v) is 18.3. The number of amides is 2. The van der Waals surface area contributed by atoms with Gasteiger partial charge < -0.3 is 24.8 Å². The first-order valence-corrected chi connectivity index (χ1v) is 10.2. The summed E-state index contributed by atoms with van der Waals surface area (Å²) in [6, 6.07) is 8.17. The Hall–Kier alpha value is -2.94. The zero-order chi connectivity index (χ0) is 23.0. The lowest BCUT2D eigenvalue weighted by Gasteiger charge is -2.36. The summed E-state index contributed by atoms with van der Waals surface area (Å²) in [5, 5.41) is 5.61. The largest absolute Gasteiger partial charge is 0.457 e. The van der Waals surface area contributed by atoms with Crippen molar-refractivity contribution in [1.29, 1.82) is 0 Å². The Balaban J connectivity index is 2.45. The fraction of sp³-hybridized carbons (Fsp3) is 0.545. The summed E-state index contributed by atoms with van der Waals surface area (Å²) < 4.78 is 17.3. The first kappa shape index (κ1) is 24.3. The molecule has 9 heteroatoms. The smallest absolute Gasteiger partial charge is 0.303 e. The van der Waals surface area contributed by atoms with Gasteiger partial charge in [-0.25, -0.2) is 0 Å². The minimum atomic E-state index is -0.927. The van der Waals surface area contributed by atoms with Crippen molar-refractivity contribution in [1.82, 2.24) is 10.6 Å². The van der Waals surface area contributed by atoms with Crippen molar-refractivity contribution < 1.29 is 33.4 Å². The molecule has 2 rings (SSSR count). The Bertz CT molecular complexity index is 739. The quantitative estimate of drug-likeness (QED) is 0.489. The fourth-order valence-corrected chi connectivity index (χ4v) is 3.80. The highest BCUT2D eigenvalue weighted by atomic mass is 16.6. The Morgan fingerprint density at radius 3 is 1.61 bits per heavy atom. The summed E-state index contributed by atoms with van der Waals surface area (Å²) in [5.41, 5.74) is 0.863. The van der Waals surface area contributed by atoms with Gasteiger partial charge in [-0.3, -0.25) is 19.2 Å². The van der Waals surface area contributed by atoms with Crippen LogP contribution in [0.25, 0.3) is 0 Å². The summed E-state index contributed by atoms with van der Waals surface area (Å²) in [4.78, 5) is 47.4. The van der Waals surface area contributed by atoms with Crippen molar-refractivity contribution >= 4 is 23.8 Å². The molecule has 5 atom stereocenters. The Morgan fingerprint density at radius 1 is 0.774 bits per heavy atom. The van der Waals surface area contributed by atoms with Gasteiger partial charge in [0.25, 0.3) is 0 Å². The molecule has 1 saturated carbocycles. The van der Waals surface area contributed by atoms with E-state index < -0.39 is 42.3 Å². The van der Waals surface area contributed by atoms with Crippen LogP contribution in [0, 0.1) is 0 Å². The predicted octanol–water partition coefficient (Wildman–Crippen LogP) is 1.24. The second kappa shape index (κ2) is 11.5. The molecule has 0 aromatic heterocycles. The number of carbonyl (C=O) groups is 4. The van der Waals surface area contributed by atoms with Crippen LogP contribution >= 0.6 is 0 Å². The molecule has 1 aromatic carbocycles. The van der Waals surface area contributed by atoms with Crippen molar-refractivity contribution in [3.63, 3.8) is 0 Å². The van der Waals surface area contributed by atoms with Gasteiger partial charge in [0.15, 0.2) is 12.2 Å². The highest BCUT2D eigenvalue weighted by molar-refractivity contribution is 5.74. The van der Waals surface area contributed by atoms with Crippen LogP contribution in [0.3, 0.4) is 0 Å². The van der Waals surface area contributed by atoms with Gasteiger partial charge in [-0.2, -0.15) is 0 Å². The number of rotatable bonds is 7. The van der Waals surface area contributed by atoms with E-state index in [1.807, 2.05) is 30.3 Å². The van der Waals surface area contributed by atoms with E-state index >= 15 is 0 Å². The number of ether oxygens (including phenoxy) is 3. The van der Waals surface area contributed by atoms with E-state index in [1.165, 1.54) is 27.7 Å². The van der Waals surface area contributed by atoms with Crippen molar-refractivity contribution in [2.24, 2.45) is 0 Å². The van der Waals surface area contributed by atoms with Crippen molar-refractivity contribution in [2.45, 2.75) is 77.5 Å². The van der Waals surface area contributed by atoms with Gasteiger partial charge >= 0.3 is 11.9 Å². The Kier molecular flexibility index (Phi) is 8.99. The van der Waals surface area contributed by atoms with Crippen molar-refractivity contribution in [3.8, 4) is 0 Å². The van der Waals surface area contributed by atoms with Crippen molar-refractivity contribution in [3.05, 3.63) is 35.9 Å². The minimum absolute atomic E-state index is 0.153.